The zero-order chi connectivity index (χ0) is 18.8. The van der Waals surface area contributed by atoms with Gasteiger partial charge in [0, 0.05) is 19.1 Å². The molecule has 8 heteroatoms. The molecule has 0 aromatic carbocycles. The molecule has 2 aliphatic rings. The van der Waals surface area contributed by atoms with Gasteiger partial charge in [0.05, 0.1) is 6.33 Å². The first-order valence-electron chi connectivity index (χ1n) is 10.2. The van der Waals surface area contributed by atoms with Crippen LogP contribution in [-0.2, 0) is 0 Å². The first kappa shape index (κ1) is 18.9. The number of anilines is 1. The summed E-state index contributed by atoms with van der Waals surface area (Å²) in [6.45, 7) is 3.20. The monoisotopic (exact) mass is 391 g/mol. The Balaban J connectivity index is 1.45. The lowest BCUT2D eigenvalue weighted by atomic mass is 9.94. The van der Waals surface area contributed by atoms with Crippen LogP contribution in [0, 0.1) is 5.92 Å². The Labute approximate surface area is 166 Å². The molecule has 0 atom stereocenters. The van der Waals surface area contributed by atoms with E-state index < -0.39 is 0 Å². The van der Waals surface area contributed by atoms with Gasteiger partial charge in [-0.05, 0) is 70.3 Å². The number of halogens is 1. The predicted octanol–water partition coefficient (Wildman–Crippen LogP) is 3.59. The Morgan fingerprint density at radius 2 is 1.89 bits per heavy atom. The van der Waals surface area contributed by atoms with Crippen molar-refractivity contribution < 1.29 is 0 Å². The molecular weight excluding hydrogens is 362 g/mol. The van der Waals surface area contributed by atoms with Gasteiger partial charge >= 0.3 is 0 Å². The molecular formula is C19H30ClN7. The Kier molecular flexibility index (Phi) is 5.80. The lowest BCUT2D eigenvalue weighted by molar-refractivity contribution is 0.199. The smallest absolute Gasteiger partial charge is 0.226 e. The van der Waals surface area contributed by atoms with Crippen LogP contribution in [0.15, 0.2) is 6.33 Å². The first-order chi connectivity index (χ1) is 13.1. The molecule has 3 heterocycles. The van der Waals surface area contributed by atoms with Crippen molar-refractivity contribution in [2.24, 2.45) is 5.92 Å². The minimum absolute atomic E-state index is 0.283. The van der Waals surface area contributed by atoms with Crippen LogP contribution in [0.1, 0.15) is 51.0 Å². The number of nitrogens with one attached hydrogen (secondary N) is 1. The van der Waals surface area contributed by atoms with Crippen LogP contribution in [-0.4, -0.2) is 63.2 Å². The SMILES string of the molecule is CN(C)CCC1CCN(Nc2nc(Cl)nc3c2ncn3C2CCCC2)CC1. The fraction of sp³-hybridized carbons (Fsp3) is 0.737. The van der Waals surface area contributed by atoms with Crippen molar-refractivity contribution >= 4 is 28.6 Å². The van der Waals surface area contributed by atoms with E-state index in [9.17, 15) is 0 Å². The molecule has 1 N–H and O–H groups in total. The number of hydrogen-bond acceptors (Lipinski definition) is 6. The highest BCUT2D eigenvalue weighted by Crippen LogP contribution is 2.33. The van der Waals surface area contributed by atoms with Crippen LogP contribution >= 0.6 is 11.6 Å². The second-order valence-electron chi connectivity index (χ2n) is 8.24. The van der Waals surface area contributed by atoms with Crippen LogP contribution in [0.5, 0.6) is 0 Å². The number of imidazole rings is 1. The molecule has 1 aliphatic carbocycles. The van der Waals surface area contributed by atoms with Gasteiger partial charge in [-0.15, -0.1) is 0 Å². The van der Waals surface area contributed by atoms with Gasteiger partial charge in [-0.1, -0.05) is 12.8 Å². The maximum Gasteiger partial charge on any atom is 0.226 e. The van der Waals surface area contributed by atoms with Crippen molar-refractivity contribution in [2.45, 2.75) is 51.0 Å². The third kappa shape index (κ3) is 4.36. The molecule has 0 radical (unpaired) electrons. The van der Waals surface area contributed by atoms with Crippen LogP contribution < -0.4 is 5.43 Å². The number of nitrogens with zero attached hydrogens (tertiary/aromatic N) is 6. The summed E-state index contributed by atoms with van der Waals surface area (Å²) in [4.78, 5) is 15.8. The Morgan fingerprint density at radius 1 is 1.15 bits per heavy atom. The number of piperidine rings is 1. The normalized spacial score (nSPS) is 20.1. The lowest BCUT2D eigenvalue weighted by Gasteiger charge is -2.32. The Morgan fingerprint density at radius 3 is 2.59 bits per heavy atom. The van der Waals surface area contributed by atoms with E-state index in [0.717, 1.165) is 36.0 Å². The topological polar surface area (TPSA) is 62.1 Å². The van der Waals surface area contributed by atoms with E-state index in [0.29, 0.717) is 6.04 Å². The third-order valence-electron chi connectivity index (χ3n) is 5.98. The highest BCUT2D eigenvalue weighted by Gasteiger charge is 2.24. The molecule has 4 rings (SSSR count). The second-order valence-corrected chi connectivity index (χ2v) is 8.58. The van der Waals surface area contributed by atoms with E-state index in [-0.39, 0.29) is 5.28 Å². The molecule has 148 valence electrons. The van der Waals surface area contributed by atoms with Gasteiger partial charge in [0.25, 0.3) is 0 Å². The molecule has 0 amide bonds. The molecule has 1 saturated carbocycles. The van der Waals surface area contributed by atoms with E-state index in [1.165, 1.54) is 51.5 Å². The summed E-state index contributed by atoms with van der Waals surface area (Å²) < 4.78 is 2.19. The zero-order valence-electron chi connectivity index (χ0n) is 16.4. The summed E-state index contributed by atoms with van der Waals surface area (Å²) in [6.07, 6.45) is 10.5. The average Bonchev–Trinajstić information content (AvgIpc) is 3.30. The quantitative estimate of drug-likeness (QED) is 0.759. The number of rotatable bonds is 6. The van der Waals surface area contributed by atoms with Crippen LogP contribution in [0.4, 0.5) is 5.82 Å². The van der Waals surface area contributed by atoms with E-state index in [1.54, 1.807) is 0 Å². The van der Waals surface area contributed by atoms with Crippen molar-refractivity contribution in [2.75, 3.05) is 39.2 Å². The molecule has 0 bridgehead atoms. The van der Waals surface area contributed by atoms with E-state index in [2.05, 4.69) is 48.9 Å². The van der Waals surface area contributed by atoms with Gasteiger partial charge in [-0.3, -0.25) is 0 Å². The van der Waals surface area contributed by atoms with Crippen molar-refractivity contribution in [3.05, 3.63) is 11.6 Å². The van der Waals surface area contributed by atoms with Crippen LogP contribution in [0.25, 0.3) is 11.2 Å². The maximum absolute atomic E-state index is 6.24. The van der Waals surface area contributed by atoms with Gasteiger partial charge in [-0.25, -0.2) is 9.99 Å². The van der Waals surface area contributed by atoms with Crippen molar-refractivity contribution in [1.82, 2.24) is 29.4 Å². The van der Waals surface area contributed by atoms with Gasteiger partial charge in [0.2, 0.25) is 5.28 Å². The maximum atomic E-state index is 6.24. The Bertz CT molecular complexity index is 761. The van der Waals surface area contributed by atoms with E-state index in [4.69, 9.17) is 11.6 Å². The third-order valence-corrected chi connectivity index (χ3v) is 6.14. The summed E-state index contributed by atoms with van der Waals surface area (Å²) in [7, 11) is 4.29. The highest BCUT2D eigenvalue weighted by molar-refractivity contribution is 6.28. The summed E-state index contributed by atoms with van der Waals surface area (Å²) in [5.41, 5.74) is 5.14. The molecule has 7 nitrogen and oxygen atoms in total. The first-order valence-corrected chi connectivity index (χ1v) is 10.5. The second kappa shape index (κ2) is 8.29. The predicted molar refractivity (Wildman–Crippen MR) is 109 cm³/mol. The summed E-state index contributed by atoms with van der Waals surface area (Å²) in [6, 6.07) is 0.487. The summed E-state index contributed by atoms with van der Waals surface area (Å²) in [5, 5.41) is 2.53. The van der Waals surface area contributed by atoms with Crippen LogP contribution in [0.3, 0.4) is 0 Å². The number of aromatic nitrogens is 4. The molecule has 2 fully saturated rings. The number of hydrazine groups is 1. The van der Waals surface area contributed by atoms with Crippen molar-refractivity contribution in [3.8, 4) is 0 Å². The molecule has 0 spiro atoms. The summed E-state index contributed by atoms with van der Waals surface area (Å²) >= 11 is 6.24. The molecule has 1 aliphatic heterocycles. The molecule has 1 saturated heterocycles. The van der Waals surface area contributed by atoms with Gasteiger partial charge in [0.15, 0.2) is 17.0 Å². The zero-order valence-corrected chi connectivity index (χ0v) is 17.1. The average molecular weight is 392 g/mol. The standard InChI is InChI=1S/C19H30ClN7/c1-25(2)10-7-14-8-11-26(12-9-14)24-17-16-18(23-19(20)22-17)27(13-21-16)15-5-3-4-6-15/h13-15H,3-12H2,1-2H3,(H,22,23,24). The fourth-order valence-corrected chi connectivity index (χ4v) is 4.51. The van der Waals surface area contributed by atoms with E-state index >= 15 is 0 Å². The van der Waals surface area contributed by atoms with Gasteiger partial charge in [0.1, 0.15) is 0 Å². The largest absolute Gasteiger partial charge is 0.312 e. The summed E-state index contributed by atoms with van der Waals surface area (Å²) in [5.74, 6) is 1.54. The van der Waals surface area contributed by atoms with E-state index in [1.807, 2.05) is 6.33 Å². The molecule has 0 unspecified atom stereocenters. The van der Waals surface area contributed by atoms with Gasteiger partial charge in [-0.2, -0.15) is 9.97 Å². The minimum Gasteiger partial charge on any atom is -0.312 e. The van der Waals surface area contributed by atoms with Crippen molar-refractivity contribution in [3.63, 3.8) is 0 Å². The highest BCUT2D eigenvalue weighted by atomic mass is 35.5. The minimum atomic E-state index is 0.283. The molecule has 27 heavy (non-hydrogen) atoms. The Hall–Kier alpha value is -1.44. The number of hydrogen-bond donors (Lipinski definition) is 1. The number of fused-ring (bicyclic) bond motifs is 1. The fourth-order valence-electron chi connectivity index (χ4n) is 4.34. The van der Waals surface area contributed by atoms with Crippen molar-refractivity contribution in [1.29, 1.82) is 0 Å². The van der Waals surface area contributed by atoms with Crippen LogP contribution in [0.2, 0.25) is 5.28 Å². The lowest BCUT2D eigenvalue weighted by Crippen LogP contribution is -2.38. The van der Waals surface area contributed by atoms with Gasteiger partial charge < -0.3 is 14.9 Å². The molecule has 2 aromatic rings. The molecule has 2 aromatic heterocycles.